The number of aromatic amines is 1. The van der Waals surface area contributed by atoms with Crippen LogP contribution in [0.1, 0.15) is 117 Å². The molecule has 1 fully saturated rings. The topological polar surface area (TPSA) is 177 Å². The second kappa shape index (κ2) is 17.2. The first-order valence-corrected chi connectivity index (χ1v) is 19.0. The number of nitrogens with zero attached hydrogens (tertiary/aromatic N) is 6. The Labute approximate surface area is 333 Å². The third kappa shape index (κ3) is 10.5. The molecule has 2 aromatic carbocycles. The molecule has 14 nitrogen and oxygen atoms in total. The van der Waals surface area contributed by atoms with E-state index >= 15 is 0 Å². The van der Waals surface area contributed by atoms with Crippen molar-refractivity contribution in [3.63, 3.8) is 0 Å². The maximum atomic E-state index is 14.7. The Hall–Kier alpha value is -3.63. The average molecular weight is 836 g/mol. The Morgan fingerprint density at radius 3 is 2.36 bits per heavy atom. The van der Waals surface area contributed by atoms with E-state index in [1.54, 1.807) is 30.3 Å². The number of hydrogen-bond acceptors (Lipinski definition) is 11. The van der Waals surface area contributed by atoms with Gasteiger partial charge in [-0.05, 0) is 91.2 Å². The van der Waals surface area contributed by atoms with Crippen molar-refractivity contribution >= 4 is 62.7 Å². The van der Waals surface area contributed by atoms with Gasteiger partial charge in [0.05, 0.1) is 19.1 Å². The lowest BCUT2D eigenvalue weighted by molar-refractivity contribution is -0.134. The van der Waals surface area contributed by atoms with Gasteiger partial charge < -0.3 is 10.2 Å². The minimum absolute atomic E-state index is 0.0136. The van der Waals surface area contributed by atoms with Crippen molar-refractivity contribution in [3.8, 4) is 0 Å². The number of nitrogens with one attached hydrogen (secondary N) is 6. The number of amidine groups is 1. The Bertz CT molecular complexity index is 1880. The van der Waals surface area contributed by atoms with E-state index in [-0.39, 0.29) is 35.7 Å². The number of hydrazone groups is 1. The van der Waals surface area contributed by atoms with E-state index in [0.717, 1.165) is 12.0 Å². The number of halogens is 3. The van der Waals surface area contributed by atoms with Crippen molar-refractivity contribution in [1.82, 2.24) is 51.7 Å². The minimum Gasteiger partial charge on any atom is -0.345 e. The van der Waals surface area contributed by atoms with Crippen molar-refractivity contribution in [2.24, 2.45) is 26.8 Å². The monoisotopic (exact) mass is 833 g/mol. The lowest BCUT2D eigenvalue weighted by atomic mass is 9.69. The smallest absolute Gasteiger partial charge is 0.275 e. The van der Waals surface area contributed by atoms with Crippen LogP contribution < -0.4 is 26.2 Å². The van der Waals surface area contributed by atoms with E-state index in [2.05, 4.69) is 88.8 Å². The normalized spacial score (nSPS) is 21.7. The van der Waals surface area contributed by atoms with Gasteiger partial charge in [0, 0.05) is 41.4 Å². The lowest BCUT2D eigenvalue weighted by Gasteiger charge is -2.47. The molecule has 2 aliphatic heterocycles. The molecule has 1 aromatic heterocycles. The molecule has 0 radical (unpaired) electrons. The Morgan fingerprint density at radius 1 is 1.09 bits per heavy atom. The van der Waals surface area contributed by atoms with Crippen molar-refractivity contribution in [2.75, 3.05) is 6.54 Å². The number of H-pyrrole nitrogens is 1. The molecule has 1 atom stereocenters. The zero-order valence-electron chi connectivity index (χ0n) is 33.5. The van der Waals surface area contributed by atoms with Crippen LogP contribution in [0.5, 0.6) is 0 Å². The van der Waals surface area contributed by atoms with Crippen LogP contribution in [0.3, 0.4) is 0 Å². The lowest BCUT2D eigenvalue weighted by Crippen LogP contribution is -2.51. The summed E-state index contributed by atoms with van der Waals surface area (Å²) in [5, 5.41) is 20.6. The molecular formula is C36H49BrCl2N12O2. The van der Waals surface area contributed by atoms with Gasteiger partial charge in [0.25, 0.3) is 11.8 Å². The van der Waals surface area contributed by atoms with Gasteiger partial charge in [-0.2, -0.15) is 5.21 Å². The number of benzene rings is 2. The summed E-state index contributed by atoms with van der Waals surface area (Å²) < 4.78 is 27.3. The summed E-state index contributed by atoms with van der Waals surface area (Å²) in [7, 11) is 0. The molecule has 17 heteroatoms. The number of hydrogen-bond donors (Lipinski definition) is 6. The molecule has 6 rings (SSSR count). The third-order valence-corrected chi connectivity index (χ3v) is 10.4. The first-order valence-electron chi connectivity index (χ1n) is 19.0. The van der Waals surface area contributed by atoms with E-state index in [0.29, 0.717) is 77.2 Å². The summed E-state index contributed by atoms with van der Waals surface area (Å²) in [4.78, 5) is 34.8. The van der Waals surface area contributed by atoms with Crippen LogP contribution in [0.4, 0.5) is 0 Å². The molecule has 0 bridgehead atoms. The molecule has 6 N–H and O–H groups in total. The van der Waals surface area contributed by atoms with Gasteiger partial charge in [0.15, 0.2) is 11.7 Å². The van der Waals surface area contributed by atoms with Gasteiger partial charge in [-0.15, -0.1) is 20.8 Å². The van der Waals surface area contributed by atoms with Gasteiger partial charge in [-0.3, -0.25) is 20.0 Å². The summed E-state index contributed by atoms with van der Waals surface area (Å²) >= 11 is 15.8. The van der Waals surface area contributed by atoms with E-state index in [1.165, 1.54) is 0 Å². The highest BCUT2D eigenvalue weighted by atomic mass is 79.9. The molecule has 1 spiro atoms. The number of hydrazine groups is 2. The molecule has 3 aromatic rings. The molecule has 286 valence electrons. The second-order valence-corrected chi connectivity index (χ2v) is 16.7. The zero-order chi connectivity index (χ0) is 40.9. The molecule has 1 saturated carbocycles. The van der Waals surface area contributed by atoms with Crippen LogP contribution in [0, 0.1) is 16.7 Å². The van der Waals surface area contributed by atoms with Crippen molar-refractivity contribution in [2.45, 2.75) is 98.2 Å². The maximum absolute atomic E-state index is 14.7. The van der Waals surface area contributed by atoms with E-state index < -0.39 is 17.9 Å². The van der Waals surface area contributed by atoms with Crippen LogP contribution in [0.15, 0.2) is 52.6 Å². The van der Waals surface area contributed by atoms with Gasteiger partial charge in [0.1, 0.15) is 11.4 Å². The minimum atomic E-state index is -2.11. The predicted octanol–water partition coefficient (Wildman–Crippen LogP) is 6.38. The van der Waals surface area contributed by atoms with E-state index in [1.807, 2.05) is 30.9 Å². The Balaban J connectivity index is 0.000000667. The van der Waals surface area contributed by atoms with Crippen LogP contribution in [0.25, 0.3) is 0 Å². The SMILES string of the molecule is BrNCc1nn[nH]n1.[2H]C([2H])([2H])C(C)(C)C1CCC2(CC1)N=C(c1cc(Cl)cc(Cl)c1)C(=O)N2[C@H](CCC(C)(C)C)c1ccc(C(=O)NCC2=NNNN2)cc1. The molecule has 0 saturated heterocycles. The predicted molar refractivity (Wildman–Crippen MR) is 211 cm³/mol. The fourth-order valence-electron chi connectivity index (χ4n) is 6.84. The summed E-state index contributed by atoms with van der Waals surface area (Å²) in [5.41, 5.74) is 8.45. The third-order valence-electron chi connectivity index (χ3n) is 9.65. The first kappa shape index (κ1) is 36.4. The van der Waals surface area contributed by atoms with Gasteiger partial charge in [0.2, 0.25) is 0 Å². The zero-order valence-corrected chi connectivity index (χ0v) is 33.6. The number of carbonyl (C=O) groups is 2. The molecular weight excluding hydrogens is 783 g/mol. The Kier molecular flexibility index (Phi) is 11.8. The molecule has 53 heavy (non-hydrogen) atoms. The number of rotatable bonds is 10. The molecule has 3 heterocycles. The highest BCUT2D eigenvalue weighted by Crippen LogP contribution is 2.50. The highest BCUT2D eigenvalue weighted by Gasteiger charge is 2.52. The number of tetrazole rings is 1. The molecule has 0 unspecified atom stereocenters. The molecule has 2 amide bonds. The summed E-state index contributed by atoms with van der Waals surface area (Å²) in [6, 6.07) is 12.1. The van der Waals surface area contributed by atoms with Crippen LogP contribution in [0.2, 0.25) is 10.0 Å². The quantitative estimate of drug-likeness (QED) is 0.127. The number of carbonyl (C=O) groups excluding carboxylic acids is 2. The summed E-state index contributed by atoms with van der Waals surface area (Å²) in [5.74, 6) is 0.664. The van der Waals surface area contributed by atoms with Crippen LogP contribution in [-0.2, 0) is 11.3 Å². The Morgan fingerprint density at radius 2 is 1.79 bits per heavy atom. The fraction of sp³-hybridized carbons (Fsp3) is 0.528. The first-order chi connectivity index (χ1) is 26.3. The number of aromatic nitrogens is 4. The van der Waals surface area contributed by atoms with Gasteiger partial charge in [-0.1, -0.05) is 82.0 Å². The second-order valence-electron chi connectivity index (χ2n) is 15.3. The molecule has 1 aliphatic carbocycles. The van der Waals surface area contributed by atoms with Crippen molar-refractivity contribution < 1.29 is 13.7 Å². The largest absolute Gasteiger partial charge is 0.345 e. The van der Waals surface area contributed by atoms with Crippen LogP contribution >= 0.6 is 39.3 Å². The number of amides is 2. The maximum Gasteiger partial charge on any atom is 0.275 e. The average Bonchev–Trinajstić information content (AvgIpc) is 3.90. The van der Waals surface area contributed by atoms with E-state index in [9.17, 15) is 9.59 Å². The fourth-order valence-corrected chi connectivity index (χ4v) is 7.62. The van der Waals surface area contributed by atoms with Gasteiger partial charge in [-0.25, -0.2) is 9.88 Å². The van der Waals surface area contributed by atoms with Crippen molar-refractivity contribution in [1.29, 1.82) is 0 Å². The standard InChI is InChI=1S/C34H45Cl2N7O2.C2H4BrN5/c1-32(2,3)14-13-27(21-7-9-22(10-8-21)30(44)37-20-28-39-41-42-40-28)43-31(45)29(23-17-25(35)19-26(36)18-23)38-34(43)15-11-24(12-16-34)33(4,5)6;3-4-1-2-5-7-8-6-2/h7-10,17-19,24,27,41-42H,11-16,20H2,1-6H3,(H,37,44)(H,39,40);4H,1H2,(H,5,6,7,8)/t24?,27-,34?;/m1./s1/i4D3;. The molecule has 3 aliphatic rings. The van der Waals surface area contributed by atoms with Crippen LogP contribution in [-0.4, -0.2) is 61.1 Å². The summed E-state index contributed by atoms with van der Waals surface area (Å²) in [6.45, 7) is 8.83. The van der Waals surface area contributed by atoms with Crippen molar-refractivity contribution in [3.05, 3.63) is 75.0 Å². The highest BCUT2D eigenvalue weighted by molar-refractivity contribution is 9.08. The van der Waals surface area contributed by atoms with Gasteiger partial charge >= 0.3 is 0 Å². The number of aliphatic imine (C=N–C) groups is 1. The van der Waals surface area contributed by atoms with E-state index in [4.69, 9.17) is 32.3 Å². The summed E-state index contributed by atoms with van der Waals surface area (Å²) in [6.07, 6.45) is 3.75.